The van der Waals surface area contributed by atoms with Gasteiger partial charge in [-0.15, -0.1) is 0 Å². The molecule has 76 valence electrons. The third-order valence-electron chi connectivity index (χ3n) is 2.25. The monoisotopic (exact) mass is 192 g/mol. The third kappa shape index (κ3) is 3.21. The molecule has 0 N–H and O–H groups in total. The molecule has 0 spiro atoms. The lowest BCUT2D eigenvalue weighted by Crippen LogP contribution is -2.07. The summed E-state index contributed by atoms with van der Waals surface area (Å²) in [7, 11) is 0. The van der Waals surface area contributed by atoms with Crippen molar-refractivity contribution in [3.05, 3.63) is 29.8 Å². The highest BCUT2D eigenvalue weighted by Gasteiger charge is 1.99. The van der Waals surface area contributed by atoms with Crippen LogP contribution in [0.1, 0.15) is 30.6 Å². The maximum atomic E-state index is 10.4. The Hall–Kier alpha value is -1.31. The van der Waals surface area contributed by atoms with Crippen LogP contribution in [0.25, 0.3) is 0 Å². The Balaban J connectivity index is 2.47. The zero-order valence-corrected chi connectivity index (χ0v) is 8.69. The van der Waals surface area contributed by atoms with Crippen LogP contribution < -0.4 is 4.74 Å². The molecule has 1 aromatic rings. The van der Waals surface area contributed by atoms with E-state index in [2.05, 4.69) is 13.8 Å². The number of rotatable bonds is 5. The number of benzene rings is 1. The van der Waals surface area contributed by atoms with Gasteiger partial charge in [-0.2, -0.15) is 0 Å². The largest absolute Gasteiger partial charge is 0.493 e. The fourth-order valence-electron chi connectivity index (χ4n) is 0.999. The number of carbonyl (C=O) groups excluding carboxylic acids is 1. The van der Waals surface area contributed by atoms with E-state index < -0.39 is 0 Å². The second-order valence-corrected chi connectivity index (χ2v) is 3.51. The molecular weight excluding hydrogens is 176 g/mol. The molecule has 0 aliphatic carbocycles. The first-order valence-electron chi connectivity index (χ1n) is 4.94. The lowest BCUT2D eigenvalue weighted by Gasteiger charge is -2.10. The fourth-order valence-corrected chi connectivity index (χ4v) is 0.999. The molecule has 0 fully saturated rings. The molecule has 0 aromatic heterocycles. The van der Waals surface area contributed by atoms with Crippen LogP contribution in [0.15, 0.2) is 24.3 Å². The minimum absolute atomic E-state index is 0.570. The van der Waals surface area contributed by atoms with Gasteiger partial charge in [-0.1, -0.05) is 20.3 Å². The van der Waals surface area contributed by atoms with Crippen molar-refractivity contribution >= 4 is 6.29 Å². The van der Waals surface area contributed by atoms with E-state index >= 15 is 0 Å². The first kappa shape index (κ1) is 10.8. The zero-order valence-electron chi connectivity index (χ0n) is 8.69. The van der Waals surface area contributed by atoms with Crippen molar-refractivity contribution in [3.63, 3.8) is 0 Å². The van der Waals surface area contributed by atoms with Crippen molar-refractivity contribution in [1.82, 2.24) is 0 Å². The van der Waals surface area contributed by atoms with E-state index in [-0.39, 0.29) is 0 Å². The first-order valence-corrected chi connectivity index (χ1v) is 4.94. The average molecular weight is 192 g/mol. The summed E-state index contributed by atoms with van der Waals surface area (Å²) in [5, 5.41) is 0. The summed E-state index contributed by atoms with van der Waals surface area (Å²) in [5.74, 6) is 1.40. The van der Waals surface area contributed by atoms with Gasteiger partial charge in [0.2, 0.25) is 0 Å². The van der Waals surface area contributed by atoms with Crippen LogP contribution in [0, 0.1) is 5.92 Å². The Kier molecular flexibility index (Phi) is 4.17. The Morgan fingerprint density at radius 2 is 2.00 bits per heavy atom. The van der Waals surface area contributed by atoms with Crippen molar-refractivity contribution < 1.29 is 9.53 Å². The SMILES string of the molecule is CC[C@H](C)COc1ccc(C=O)cc1. The van der Waals surface area contributed by atoms with Crippen molar-refractivity contribution in [2.24, 2.45) is 5.92 Å². The number of carbonyl (C=O) groups is 1. The molecule has 0 unspecified atom stereocenters. The summed E-state index contributed by atoms with van der Waals surface area (Å²) >= 11 is 0. The molecule has 0 bridgehead atoms. The minimum atomic E-state index is 0.570. The predicted molar refractivity (Wildman–Crippen MR) is 56.8 cm³/mol. The van der Waals surface area contributed by atoms with Crippen molar-refractivity contribution in [2.45, 2.75) is 20.3 Å². The van der Waals surface area contributed by atoms with Gasteiger partial charge in [0, 0.05) is 5.56 Å². The van der Waals surface area contributed by atoms with Gasteiger partial charge in [-0.05, 0) is 30.2 Å². The highest BCUT2D eigenvalue weighted by Crippen LogP contribution is 2.12. The standard InChI is InChI=1S/C12H16O2/c1-3-10(2)9-14-12-6-4-11(8-13)5-7-12/h4-8,10H,3,9H2,1-2H3/t10-/m0/s1. The highest BCUT2D eigenvalue weighted by molar-refractivity contribution is 5.74. The van der Waals surface area contributed by atoms with E-state index in [1.807, 2.05) is 12.1 Å². The van der Waals surface area contributed by atoms with Crippen molar-refractivity contribution in [3.8, 4) is 5.75 Å². The molecule has 1 aromatic carbocycles. The molecule has 1 rings (SSSR count). The van der Waals surface area contributed by atoms with Gasteiger partial charge in [0.05, 0.1) is 6.61 Å². The second kappa shape index (κ2) is 5.43. The molecule has 0 aliphatic heterocycles. The first-order chi connectivity index (χ1) is 6.76. The molecule has 2 nitrogen and oxygen atoms in total. The van der Waals surface area contributed by atoms with Gasteiger partial charge >= 0.3 is 0 Å². The summed E-state index contributed by atoms with van der Waals surface area (Å²) < 4.78 is 5.54. The minimum Gasteiger partial charge on any atom is -0.493 e. The summed E-state index contributed by atoms with van der Waals surface area (Å²) in [5.41, 5.74) is 0.681. The van der Waals surface area contributed by atoms with Crippen LogP contribution in [0.2, 0.25) is 0 Å². The van der Waals surface area contributed by atoms with Gasteiger partial charge in [0.1, 0.15) is 12.0 Å². The van der Waals surface area contributed by atoms with E-state index in [0.717, 1.165) is 25.1 Å². The molecular formula is C12H16O2. The van der Waals surface area contributed by atoms with Crippen molar-refractivity contribution in [1.29, 1.82) is 0 Å². The van der Waals surface area contributed by atoms with Crippen LogP contribution in [0.3, 0.4) is 0 Å². The second-order valence-electron chi connectivity index (χ2n) is 3.51. The van der Waals surface area contributed by atoms with E-state index in [1.165, 1.54) is 0 Å². The van der Waals surface area contributed by atoms with Gasteiger partial charge in [-0.25, -0.2) is 0 Å². The zero-order chi connectivity index (χ0) is 10.4. The van der Waals surface area contributed by atoms with E-state index in [9.17, 15) is 4.79 Å². The molecule has 0 amide bonds. The number of hydrogen-bond donors (Lipinski definition) is 0. The topological polar surface area (TPSA) is 26.3 Å². The van der Waals surface area contributed by atoms with Crippen LogP contribution >= 0.6 is 0 Å². The van der Waals surface area contributed by atoms with Crippen LogP contribution in [-0.4, -0.2) is 12.9 Å². The lowest BCUT2D eigenvalue weighted by atomic mass is 10.1. The van der Waals surface area contributed by atoms with Gasteiger partial charge in [-0.3, -0.25) is 4.79 Å². The van der Waals surface area contributed by atoms with Crippen LogP contribution in [0.5, 0.6) is 5.75 Å². The maximum absolute atomic E-state index is 10.4. The number of hydrogen-bond acceptors (Lipinski definition) is 2. The Labute approximate surface area is 84.9 Å². The summed E-state index contributed by atoms with van der Waals surface area (Å²) in [6.07, 6.45) is 1.95. The van der Waals surface area contributed by atoms with Crippen LogP contribution in [-0.2, 0) is 0 Å². The summed E-state index contributed by atoms with van der Waals surface area (Å²) in [6.45, 7) is 5.03. The number of ether oxygens (including phenoxy) is 1. The maximum Gasteiger partial charge on any atom is 0.150 e. The van der Waals surface area contributed by atoms with E-state index in [1.54, 1.807) is 12.1 Å². The Morgan fingerprint density at radius 3 is 2.50 bits per heavy atom. The van der Waals surface area contributed by atoms with Crippen molar-refractivity contribution in [2.75, 3.05) is 6.61 Å². The van der Waals surface area contributed by atoms with E-state index in [4.69, 9.17) is 4.74 Å². The smallest absolute Gasteiger partial charge is 0.150 e. The molecule has 0 saturated heterocycles. The molecule has 2 heteroatoms. The number of aldehydes is 1. The molecule has 14 heavy (non-hydrogen) atoms. The third-order valence-corrected chi connectivity index (χ3v) is 2.25. The van der Waals surface area contributed by atoms with Gasteiger partial charge in [0.15, 0.2) is 0 Å². The summed E-state index contributed by atoms with van der Waals surface area (Å²) in [4.78, 5) is 10.4. The fraction of sp³-hybridized carbons (Fsp3) is 0.417. The van der Waals surface area contributed by atoms with Gasteiger partial charge < -0.3 is 4.74 Å². The normalized spacial score (nSPS) is 12.1. The highest BCUT2D eigenvalue weighted by atomic mass is 16.5. The van der Waals surface area contributed by atoms with Crippen LogP contribution in [0.4, 0.5) is 0 Å². The van der Waals surface area contributed by atoms with E-state index in [0.29, 0.717) is 11.5 Å². The molecule has 0 saturated carbocycles. The molecule has 0 aliphatic rings. The molecule has 0 heterocycles. The van der Waals surface area contributed by atoms with Gasteiger partial charge in [0.25, 0.3) is 0 Å². The molecule has 0 radical (unpaired) electrons. The average Bonchev–Trinajstić information content (AvgIpc) is 2.26. The Bertz CT molecular complexity index is 277. The Morgan fingerprint density at radius 1 is 1.36 bits per heavy atom. The molecule has 1 atom stereocenters. The quantitative estimate of drug-likeness (QED) is 0.670. The predicted octanol–water partition coefficient (Wildman–Crippen LogP) is 2.92. The lowest BCUT2D eigenvalue weighted by molar-refractivity contribution is 0.112. The summed E-state index contributed by atoms with van der Waals surface area (Å²) in [6, 6.07) is 7.18.